The van der Waals surface area contributed by atoms with E-state index in [1.165, 1.54) is 0 Å². The summed E-state index contributed by atoms with van der Waals surface area (Å²) < 4.78 is 0.130. The van der Waals surface area contributed by atoms with Crippen molar-refractivity contribution < 1.29 is 31.1 Å². The van der Waals surface area contributed by atoms with E-state index in [1.54, 1.807) is 21.1 Å². The number of carbonyl (C=O) groups excluding carboxylic acids is 2. The number of nitrogens with two attached hydrogens (primary N) is 2. The predicted octanol–water partition coefficient (Wildman–Crippen LogP) is -4.96. The van der Waals surface area contributed by atoms with Crippen LogP contribution in [0, 0.1) is 0 Å². The van der Waals surface area contributed by atoms with E-state index in [4.69, 9.17) is 11.5 Å². The second-order valence-corrected chi connectivity index (χ2v) is 3.32. The van der Waals surface area contributed by atoms with Gasteiger partial charge >= 0.3 is 0 Å². The molecule has 0 unspecified atom stereocenters. The standard InChI is InChI=1S/C6H13N3O2.BrH/c1-9(2,3)4(5(7)10)6(8)11;/h4H,1-3H3,(H3-,7,8,10,11);1H. The molecule has 4 N–H and O–H groups in total. The highest BCUT2D eigenvalue weighted by atomic mass is 79.9. The van der Waals surface area contributed by atoms with Crippen LogP contribution >= 0.6 is 0 Å². The summed E-state index contributed by atoms with van der Waals surface area (Å²) in [7, 11) is 5.04. The molecule has 0 aromatic carbocycles. The number of halogens is 1. The average Bonchev–Trinajstić information content (AvgIpc) is 1.54. The molecule has 0 saturated heterocycles. The first kappa shape index (κ1) is 13.9. The van der Waals surface area contributed by atoms with Gasteiger partial charge in [0.25, 0.3) is 11.8 Å². The molecule has 0 aliphatic heterocycles. The molecule has 72 valence electrons. The maximum Gasteiger partial charge on any atom is 0.285 e. The van der Waals surface area contributed by atoms with Gasteiger partial charge in [-0.05, 0) is 0 Å². The number of carbonyl (C=O) groups is 2. The van der Waals surface area contributed by atoms with Crippen molar-refractivity contribution in [3.05, 3.63) is 0 Å². The molecule has 0 aromatic rings. The molecule has 2 amide bonds. The minimum atomic E-state index is -0.949. The zero-order chi connectivity index (χ0) is 9.23. The Morgan fingerprint density at radius 1 is 1.08 bits per heavy atom. The van der Waals surface area contributed by atoms with Gasteiger partial charge < -0.3 is 32.9 Å². The van der Waals surface area contributed by atoms with Gasteiger partial charge in [0.15, 0.2) is 0 Å². The molecule has 0 bridgehead atoms. The van der Waals surface area contributed by atoms with Crippen LogP contribution in [0.2, 0.25) is 0 Å². The van der Waals surface area contributed by atoms with Crippen molar-refractivity contribution in [3.63, 3.8) is 0 Å². The van der Waals surface area contributed by atoms with E-state index in [1.807, 2.05) is 0 Å². The Hall–Kier alpha value is -0.620. The molecule has 0 rings (SSSR count). The summed E-state index contributed by atoms with van der Waals surface area (Å²) in [6.45, 7) is 0. The maximum absolute atomic E-state index is 10.7. The maximum atomic E-state index is 10.7. The number of quaternary nitrogens is 1. The normalized spacial score (nSPS) is 10.7. The van der Waals surface area contributed by atoms with E-state index in [0.717, 1.165) is 0 Å². The van der Waals surface area contributed by atoms with Gasteiger partial charge in [0.1, 0.15) is 0 Å². The van der Waals surface area contributed by atoms with Crippen molar-refractivity contribution in [3.8, 4) is 0 Å². The van der Waals surface area contributed by atoms with E-state index < -0.39 is 17.9 Å². The largest absolute Gasteiger partial charge is 1.00 e. The predicted molar refractivity (Wildman–Crippen MR) is 40.2 cm³/mol. The second kappa shape index (κ2) is 4.42. The Labute approximate surface area is 82.0 Å². The second-order valence-electron chi connectivity index (χ2n) is 3.32. The molecule has 0 heterocycles. The molecule has 0 fully saturated rings. The van der Waals surface area contributed by atoms with Crippen molar-refractivity contribution in [2.45, 2.75) is 6.04 Å². The van der Waals surface area contributed by atoms with Crippen LogP contribution in [0.5, 0.6) is 0 Å². The number of hydrogen-bond donors (Lipinski definition) is 2. The Bertz CT molecular complexity index is 174. The lowest BCUT2D eigenvalue weighted by atomic mass is 10.2. The molecule has 0 aliphatic rings. The Balaban J connectivity index is 0. The highest BCUT2D eigenvalue weighted by Crippen LogP contribution is 2.00. The fourth-order valence-corrected chi connectivity index (χ4v) is 0.904. The zero-order valence-electron chi connectivity index (χ0n) is 7.37. The molecular weight excluding hydrogens is 226 g/mol. The summed E-state index contributed by atoms with van der Waals surface area (Å²) in [6, 6.07) is -0.949. The highest BCUT2D eigenvalue weighted by molar-refractivity contribution is 6.01. The molecule has 0 saturated carbocycles. The molecule has 0 atom stereocenters. The fraction of sp³-hybridized carbons (Fsp3) is 0.667. The minimum Gasteiger partial charge on any atom is -1.00 e. The van der Waals surface area contributed by atoms with Crippen LogP contribution in [0.15, 0.2) is 0 Å². The van der Waals surface area contributed by atoms with Gasteiger partial charge in [0.05, 0.1) is 21.1 Å². The lowest BCUT2D eigenvalue weighted by Crippen LogP contribution is -3.00. The Morgan fingerprint density at radius 2 is 1.33 bits per heavy atom. The van der Waals surface area contributed by atoms with Gasteiger partial charge in [-0.3, -0.25) is 9.59 Å². The van der Waals surface area contributed by atoms with E-state index >= 15 is 0 Å². The van der Waals surface area contributed by atoms with Gasteiger partial charge in [-0.1, -0.05) is 0 Å². The van der Waals surface area contributed by atoms with Crippen LogP contribution in [0.1, 0.15) is 0 Å². The van der Waals surface area contributed by atoms with Crippen molar-refractivity contribution >= 4 is 11.8 Å². The monoisotopic (exact) mass is 239 g/mol. The molecule has 0 aliphatic carbocycles. The third kappa shape index (κ3) is 3.68. The average molecular weight is 240 g/mol. The van der Waals surface area contributed by atoms with E-state index in [2.05, 4.69) is 0 Å². The molecule has 0 spiro atoms. The molecule has 5 nitrogen and oxygen atoms in total. The summed E-state index contributed by atoms with van der Waals surface area (Å²) in [4.78, 5) is 21.4. The number of nitrogens with zero attached hydrogens (tertiary/aromatic N) is 1. The summed E-state index contributed by atoms with van der Waals surface area (Å²) in [5.41, 5.74) is 9.94. The SMILES string of the molecule is C[N+](C)(C)C(C(N)=O)C(N)=O.[Br-]. The molecular formula is C6H14BrN3O2. The van der Waals surface area contributed by atoms with Crippen LogP contribution in [0.3, 0.4) is 0 Å². The smallest absolute Gasteiger partial charge is 0.285 e. The fourth-order valence-electron chi connectivity index (χ4n) is 0.904. The quantitative estimate of drug-likeness (QED) is 0.382. The third-order valence-corrected chi connectivity index (χ3v) is 1.31. The van der Waals surface area contributed by atoms with Crippen LogP contribution in [-0.2, 0) is 9.59 Å². The number of primary amides is 2. The summed E-state index contributed by atoms with van der Waals surface area (Å²) in [5, 5.41) is 0. The lowest BCUT2D eigenvalue weighted by Gasteiger charge is -2.29. The van der Waals surface area contributed by atoms with E-state index in [0.29, 0.717) is 0 Å². The van der Waals surface area contributed by atoms with E-state index in [9.17, 15) is 9.59 Å². The zero-order valence-corrected chi connectivity index (χ0v) is 8.96. The van der Waals surface area contributed by atoms with Crippen LogP contribution < -0.4 is 28.4 Å². The molecule has 0 aromatic heterocycles. The molecule has 12 heavy (non-hydrogen) atoms. The molecule has 6 heteroatoms. The van der Waals surface area contributed by atoms with E-state index in [-0.39, 0.29) is 21.5 Å². The Kier molecular flexibility index (Phi) is 5.13. The van der Waals surface area contributed by atoms with Crippen molar-refractivity contribution in [2.24, 2.45) is 11.5 Å². The van der Waals surface area contributed by atoms with Gasteiger partial charge in [-0.15, -0.1) is 0 Å². The Morgan fingerprint density at radius 3 is 1.33 bits per heavy atom. The number of likely N-dealkylation sites (N-methyl/N-ethyl adjacent to an activating group) is 1. The third-order valence-electron chi connectivity index (χ3n) is 1.31. The van der Waals surface area contributed by atoms with Gasteiger partial charge in [0.2, 0.25) is 6.04 Å². The topological polar surface area (TPSA) is 86.2 Å². The van der Waals surface area contributed by atoms with Crippen LogP contribution in [0.4, 0.5) is 0 Å². The lowest BCUT2D eigenvalue weighted by molar-refractivity contribution is -0.877. The van der Waals surface area contributed by atoms with Crippen LogP contribution in [0.25, 0.3) is 0 Å². The van der Waals surface area contributed by atoms with Crippen molar-refractivity contribution in [1.29, 1.82) is 0 Å². The van der Waals surface area contributed by atoms with Crippen molar-refractivity contribution in [2.75, 3.05) is 21.1 Å². The van der Waals surface area contributed by atoms with Gasteiger partial charge in [-0.2, -0.15) is 0 Å². The summed E-state index contributed by atoms with van der Waals surface area (Å²) in [5.74, 6) is -1.38. The first-order valence-electron chi connectivity index (χ1n) is 3.16. The number of amides is 2. The summed E-state index contributed by atoms with van der Waals surface area (Å²) in [6.07, 6.45) is 0. The highest BCUT2D eigenvalue weighted by Gasteiger charge is 2.34. The minimum absolute atomic E-state index is 0. The number of hydrogen-bond acceptors (Lipinski definition) is 2. The van der Waals surface area contributed by atoms with Gasteiger partial charge in [0, 0.05) is 0 Å². The number of rotatable bonds is 3. The first-order chi connectivity index (χ1) is 4.76. The van der Waals surface area contributed by atoms with Gasteiger partial charge in [-0.25, -0.2) is 0 Å². The summed E-state index contributed by atoms with van der Waals surface area (Å²) >= 11 is 0. The van der Waals surface area contributed by atoms with Crippen LogP contribution in [-0.4, -0.2) is 43.5 Å². The van der Waals surface area contributed by atoms with Crippen molar-refractivity contribution in [1.82, 2.24) is 0 Å². The molecule has 0 radical (unpaired) electrons. The first-order valence-corrected chi connectivity index (χ1v) is 3.16.